The van der Waals surface area contributed by atoms with Crippen LogP contribution >= 0.6 is 0 Å². The zero-order valence-corrected chi connectivity index (χ0v) is 13.4. The van der Waals surface area contributed by atoms with E-state index in [0.29, 0.717) is 32.1 Å². The van der Waals surface area contributed by atoms with Crippen LogP contribution in [-0.4, -0.2) is 47.9 Å². The molecule has 0 spiro atoms. The monoisotopic (exact) mass is 324 g/mol. The van der Waals surface area contributed by atoms with E-state index in [1.165, 1.54) is 12.3 Å². The van der Waals surface area contributed by atoms with Gasteiger partial charge in [0.1, 0.15) is 11.8 Å². The first-order valence-corrected chi connectivity index (χ1v) is 7.23. The molecule has 0 saturated carbocycles. The Morgan fingerprint density at radius 2 is 2.09 bits per heavy atom. The van der Waals surface area contributed by atoms with Gasteiger partial charge in [-0.05, 0) is 20.8 Å². The van der Waals surface area contributed by atoms with E-state index in [2.05, 4.69) is 10.3 Å². The van der Waals surface area contributed by atoms with Crippen LogP contribution in [0.2, 0.25) is 0 Å². The van der Waals surface area contributed by atoms with Crippen LogP contribution < -0.4 is 10.2 Å². The zero-order valence-electron chi connectivity index (χ0n) is 13.4. The summed E-state index contributed by atoms with van der Waals surface area (Å²) in [7, 11) is 0. The van der Waals surface area contributed by atoms with Crippen molar-refractivity contribution in [3.05, 3.63) is 22.4 Å². The molecule has 0 atom stereocenters. The third-order valence-electron chi connectivity index (χ3n) is 3.01. The number of carbonyl (C=O) groups is 1. The second kappa shape index (κ2) is 6.78. The molecule has 9 heteroatoms. The molecule has 1 aliphatic heterocycles. The van der Waals surface area contributed by atoms with Crippen molar-refractivity contribution in [2.45, 2.75) is 26.4 Å². The quantitative estimate of drug-likeness (QED) is 0.670. The van der Waals surface area contributed by atoms with Gasteiger partial charge in [-0.1, -0.05) is 0 Å². The number of pyridine rings is 1. The Balaban J connectivity index is 2.27. The number of rotatable bonds is 3. The third kappa shape index (κ3) is 4.78. The molecular weight excluding hydrogens is 304 g/mol. The normalized spacial score (nSPS) is 15.2. The van der Waals surface area contributed by atoms with Gasteiger partial charge in [0.25, 0.3) is 5.69 Å². The second-order valence-electron chi connectivity index (χ2n) is 6.05. The van der Waals surface area contributed by atoms with E-state index in [0.717, 1.165) is 0 Å². The summed E-state index contributed by atoms with van der Waals surface area (Å²) in [4.78, 5) is 28.4. The van der Waals surface area contributed by atoms with Gasteiger partial charge in [0.15, 0.2) is 5.82 Å². The largest absolute Gasteiger partial charge is 0.444 e. The first kappa shape index (κ1) is 16.9. The molecule has 1 aliphatic rings. The summed E-state index contributed by atoms with van der Waals surface area (Å²) < 4.78 is 10.5. The van der Waals surface area contributed by atoms with Gasteiger partial charge >= 0.3 is 6.09 Å². The summed E-state index contributed by atoms with van der Waals surface area (Å²) in [5.74, 6) is 0.463. The SMILES string of the molecule is CC(C)(C)OC(=O)Nc1cc([N+](=O)[O-])cnc1N1CCOCC1. The van der Waals surface area contributed by atoms with Crippen LogP contribution in [0, 0.1) is 10.1 Å². The molecule has 0 unspecified atom stereocenters. The smallest absolute Gasteiger partial charge is 0.412 e. The molecule has 0 radical (unpaired) electrons. The Morgan fingerprint density at radius 3 is 2.65 bits per heavy atom. The van der Waals surface area contributed by atoms with Gasteiger partial charge in [0, 0.05) is 19.2 Å². The van der Waals surface area contributed by atoms with Crippen molar-refractivity contribution < 1.29 is 19.2 Å². The van der Waals surface area contributed by atoms with Gasteiger partial charge in [-0.2, -0.15) is 0 Å². The number of nitro groups is 1. The zero-order chi connectivity index (χ0) is 17.0. The Morgan fingerprint density at radius 1 is 1.43 bits per heavy atom. The number of anilines is 2. The van der Waals surface area contributed by atoms with E-state index in [1.807, 2.05) is 4.90 Å². The minimum absolute atomic E-state index is 0.201. The number of ether oxygens (including phenoxy) is 2. The number of amides is 1. The van der Waals surface area contributed by atoms with Crippen LogP contribution in [0.25, 0.3) is 0 Å². The summed E-state index contributed by atoms with van der Waals surface area (Å²) in [6.07, 6.45) is 0.486. The summed E-state index contributed by atoms with van der Waals surface area (Å²) in [5, 5.41) is 13.5. The van der Waals surface area contributed by atoms with E-state index in [1.54, 1.807) is 20.8 Å². The van der Waals surface area contributed by atoms with E-state index < -0.39 is 16.6 Å². The molecule has 23 heavy (non-hydrogen) atoms. The molecule has 2 heterocycles. The third-order valence-corrected chi connectivity index (χ3v) is 3.01. The first-order valence-electron chi connectivity index (χ1n) is 7.23. The molecule has 0 aliphatic carbocycles. The number of aromatic nitrogens is 1. The molecule has 9 nitrogen and oxygen atoms in total. The Kier molecular flexibility index (Phi) is 4.99. The topological polar surface area (TPSA) is 107 Å². The Labute approximate surface area is 133 Å². The summed E-state index contributed by atoms with van der Waals surface area (Å²) in [6, 6.07) is 1.28. The highest BCUT2D eigenvalue weighted by Crippen LogP contribution is 2.28. The molecule has 0 bridgehead atoms. The lowest BCUT2D eigenvalue weighted by atomic mass is 10.2. The highest BCUT2D eigenvalue weighted by Gasteiger charge is 2.23. The van der Waals surface area contributed by atoms with Crippen molar-refractivity contribution in [3.8, 4) is 0 Å². The average Bonchev–Trinajstić information content (AvgIpc) is 2.46. The van der Waals surface area contributed by atoms with Crippen molar-refractivity contribution in [1.29, 1.82) is 0 Å². The Hall–Kier alpha value is -2.42. The van der Waals surface area contributed by atoms with Gasteiger partial charge in [-0.15, -0.1) is 0 Å². The number of morpholine rings is 1. The number of nitrogens with zero attached hydrogens (tertiary/aromatic N) is 3. The molecule has 0 aromatic carbocycles. The fourth-order valence-corrected chi connectivity index (χ4v) is 2.08. The lowest BCUT2D eigenvalue weighted by Gasteiger charge is -2.29. The van der Waals surface area contributed by atoms with E-state index in [4.69, 9.17) is 9.47 Å². The maximum absolute atomic E-state index is 12.0. The lowest BCUT2D eigenvalue weighted by Crippen LogP contribution is -2.37. The highest BCUT2D eigenvalue weighted by atomic mass is 16.6. The minimum Gasteiger partial charge on any atom is -0.444 e. The predicted molar refractivity (Wildman–Crippen MR) is 83.8 cm³/mol. The van der Waals surface area contributed by atoms with Gasteiger partial charge in [-0.3, -0.25) is 15.4 Å². The van der Waals surface area contributed by atoms with Crippen LogP contribution in [0.5, 0.6) is 0 Å². The number of hydrogen-bond donors (Lipinski definition) is 1. The van der Waals surface area contributed by atoms with Crippen molar-refractivity contribution >= 4 is 23.3 Å². The molecule has 1 aromatic heterocycles. The van der Waals surface area contributed by atoms with Crippen molar-refractivity contribution in [3.63, 3.8) is 0 Å². The maximum atomic E-state index is 12.0. The van der Waals surface area contributed by atoms with Gasteiger partial charge in [0.05, 0.1) is 23.8 Å². The maximum Gasteiger partial charge on any atom is 0.412 e. The van der Waals surface area contributed by atoms with Gasteiger partial charge in [-0.25, -0.2) is 9.78 Å². The summed E-state index contributed by atoms with van der Waals surface area (Å²) >= 11 is 0. The fraction of sp³-hybridized carbons (Fsp3) is 0.571. The van der Waals surface area contributed by atoms with E-state index in [9.17, 15) is 14.9 Å². The van der Waals surface area contributed by atoms with Crippen molar-refractivity contribution in [1.82, 2.24) is 4.98 Å². The molecule has 1 amide bonds. The van der Waals surface area contributed by atoms with E-state index >= 15 is 0 Å². The lowest BCUT2D eigenvalue weighted by molar-refractivity contribution is -0.385. The molecule has 1 N–H and O–H groups in total. The summed E-state index contributed by atoms with van der Waals surface area (Å²) in [5.41, 5.74) is -0.624. The van der Waals surface area contributed by atoms with Crippen LogP contribution in [0.3, 0.4) is 0 Å². The van der Waals surface area contributed by atoms with Crippen LogP contribution in [-0.2, 0) is 9.47 Å². The molecular formula is C14H20N4O5. The molecule has 126 valence electrons. The fourth-order valence-electron chi connectivity index (χ4n) is 2.08. The van der Waals surface area contributed by atoms with Crippen LogP contribution in [0.1, 0.15) is 20.8 Å². The number of hydrogen-bond acceptors (Lipinski definition) is 7. The van der Waals surface area contributed by atoms with Crippen molar-refractivity contribution in [2.75, 3.05) is 36.5 Å². The highest BCUT2D eigenvalue weighted by molar-refractivity contribution is 5.89. The van der Waals surface area contributed by atoms with Gasteiger partial charge in [0.2, 0.25) is 0 Å². The van der Waals surface area contributed by atoms with Crippen LogP contribution in [0.4, 0.5) is 22.0 Å². The number of nitrogens with one attached hydrogen (secondary N) is 1. The predicted octanol–water partition coefficient (Wildman–Crippen LogP) is 2.17. The average molecular weight is 324 g/mol. The van der Waals surface area contributed by atoms with Gasteiger partial charge < -0.3 is 14.4 Å². The second-order valence-corrected chi connectivity index (χ2v) is 6.05. The molecule has 1 fully saturated rings. The minimum atomic E-state index is -0.686. The number of carbonyl (C=O) groups excluding carboxylic acids is 1. The van der Waals surface area contributed by atoms with E-state index in [-0.39, 0.29) is 11.4 Å². The van der Waals surface area contributed by atoms with Crippen molar-refractivity contribution in [2.24, 2.45) is 0 Å². The summed E-state index contributed by atoms with van der Waals surface area (Å²) in [6.45, 7) is 7.46. The van der Waals surface area contributed by atoms with Crippen LogP contribution in [0.15, 0.2) is 12.3 Å². The molecule has 1 aromatic rings. The standard InChI is InChI=1S/C14H20N4O5/c1-14(2,3)23-13(19)16-11-8-10(18(20)21)9-15-12(11)17-4-6-22-7-5-17/h8-9H,4-7H2,1-3H3,(H,16,19). The first-order chi connectivity index (χ1) is 10.8. The molecule has 1 saturated heterocycles. The Bertz CT molecular complexity index is 593. The molecule has 2 rings (SSSR count).